The molecule has 2 rings (SSSR count). The Hall–Kier alpha value is -2.13. The number of hydrogen-bond donors (Lipinski definition) is 2. The molecule has 0 spiro atoms. The molecule has 1 atom stereocenters. The molecular weight excluding hydrogens is 418 g/mol. The first-order valence-electron chi connectivity index (χ1n) is 11.0. The Balaban J connectivity index is 2.12. The van der Waals surface area contributed by atoms with Gasteiger partial charge in [0.05, 0.1) is 11.5 Å². The lowest BCUT2D eigenvalue weighted by Gasteiger charge is -2.26. The number of aryl methyl sites for hydroxylation is 1. The van der Waals surface area contributed by atoms with Crippen LogP contribution in [0.1, 0.15) is 62.4 Å². The number of carbonyl (C=O) groups excluding carboxylic acids is 2. The molecule has 9 heteroatoms. The van der Waals surface area contributed by atoms with E-state index in [-0.39, 0.29) is 35.6 Å². The van der Waals surface area contributed by atoms with E-state index in [9.17, 15) is 18.0 Å². The zero-order valence-electron chi connectivity index (χ0n) is 18.9. The number of sulfonamides is 1. The van der Waals surface area contributed by atoms with Gasteiger partial charge in [0.2, 0.25) is 10.0 Å². The average Bonchev–Trinajstić information content (AvgIpc) is 2.72. The third kappa shape index (κ3) is 7.21. The smallest absolute Gasteiger partial charge is 0.407 e. The molecule has 8 nitrogen and oxygen atoms in total. The van der Waals surface area contributed by atoms with Crippen molar-refractivity contribution in [3.05, 3.63) is 29.3 Å². The summed E-state index contributed by atoms with van der Waals surface area (Å²) in [6.07, 6.45) is 2.88. The zero-order chi connectivity index (χ0) is 23.0. The van der Waals surface area contributed by atoms with Gasteiger partial charge in [0.1, 0.15) is 0 Å². The highest BCUT2D eigenvalue weighted by atomic mass is 32.2. The number of rotatable bonds is 9. The van der Waals surface area contributed by atoms with Gasteiger partial charge >= 0.3 is 6.09 Å². The first-order valence-corrected chi connectivity index (χ1v) is 12.4. The summed E-state index contributed by atoms with van der Waals surface area (Å²) in [6, 6.07) is 4.44. The molecule has 0 bridgehead atoms. The standard InChI is InChI=1S/C22H35N3O5S/c1-5-30-22(27)24-19(13-16(2)3)15-23-21(26)18-10-9-17(4)20(14-18)31(28,29)25-11-7-6-8-12-25/h9-10,14,16,19H,5-8,11-13,15H2,1-4H3,(H,23,26)(H,24,27). The molecule has 1 saturated heterocycles. The van der Waals surface area contributed by atoms with Crippen LogP contribution >= 0.6 is 0 Å². The highest BCUT2D eigenvalue weighted by Crippen LogP contribution is 2.24. The van der Waals surface area contributed by atoms with Crippen molar-refractivity contribution in [1.82, 2.24) is 14.9 Å². The van der Waals surface area contributed by atoms with E-state index < -0.39 is 16.1 Å². The Morgan fingerprint density at radius 3 is 2.45 bits per heavy atom. The number of hydrogen-bond acceptors (Lipinski definition) is 5. The lowest BCUT2D eigenvalue weighted by molar-refractivity contribution is 0.0944. The molecule has 174 valence electrons. The molecule has 1 aromatic carbocycles. The zero-order valence-corrected chi connectivity index (χ0v) is 19.8. The third-order valence-corrected chi connectivity index (χ3v) is 7.29. The average molecular weight is 454 g/mol. The number of nitrogens with zero attached hydrogens (tertiary/aromatic N) is 1. The lowest BCUT2D eigenvalue weighted by atomic mass is 10.0. The van der Waals surface area contributed by atoms with Crippen molar-refractivity contribution in [3.63, 3.8) is 0 Å². The van der Waals surface area contributed by atoms with E-state index in [0.29, 0.717) is 31.0 Å². The van der Waals surface area contributed by atoms with Crippen LogP contribution in [0.3, 0.4) is 0 Å². The van der Waals surface area contributed by atoms with E-state index in [0.717, 1.165) is 19.3 Å². The Labute approximate surface area is 185 Å². The topological polar surface area (TPSA) is 105 Å². The molecule has 0 aromatic heterocycles. The van der Waals surface area contributed by atoms with E-state index in [2.05, 4.69) is 10.6 Å². The second-order valence-electron chi connectivity index (χ2n) is 8.35. The maximum Gasteiger partial charge on any atom is 0.407 e. The summed E-state index contributed by atoms with van der Waals surface area (Å²) in [5.41, 5.74) is 0.893. The van der Waals surface area contributed by atoms with Crippen molar-refractivity contribution in [3.8, 4) is 0 Å². The number of amides is 2. The van der Waals surface area contributed by atoms with Crippen molar-refractivity contribution in [2.24, 2.45) is 5.92 Å². The van der Waals surface area contributed by atoms with Crippen molar-refractivity contribution < 1.29 is 22.7 Å². The summed E-state index contributed by atoms with van der Waals surface area (Å²) in [5.74, 6) is -0.0704. The number of ether oxygens (including phenoxy) is 1. The normalized spacial score (nSPS) is 16.0. The van der Waals surface area contributed by atoms with Crippen LogP contribution in [-0.2, 0) is 14.8 Å². The van der Waals surface area contributed by atoms with Crippen LogP contribution in [0.2, 0.25) is 0 Å². The summed E-state index contributed by atoms with van der Waals surface area (Å²) in [7, 11) is -3.64. The summed E-state index contributed by atoms with van der Waals surface area (Å²) < 4.78 is 32.6. The minimum absolute atomic E-state index is 0.172. The quantitative estimate of drug-likeness (QED) is 0.598. The second-order valence-corrected chi connectivity index (χ2v) is 10.3. The minimum Gasteiger partial charge on any atom is -0.450 e. The van der Waals surface area contributed by atoms with E-state index in [1.165, 1.54) is 10.4 Å². The van der Waals surface area contributed by atoms with Gasteiger partial charge < -0.3 is 15.4 Å². The SMILES string of the molecule is CCOC(=O)NC(CNC(=O)c1ccc(C)c(S(=O)(=O)N2CCCCC2)c1)CC(C)C. The Bertz CT molecular complexity index is 864. The van der Waals surface area contributed by atoms with Gasteiger partial charge in [0.15, 0.2) is 0 Å². The largest absolute Gasteiger partial charge is 0.450 e. The molecule has 0 saturated carbocycles. The van der Waals surface area contributed by atoms with Crippen LogP contribution in [-0.4, -0.2) is 57.0 Å². The highest BCUT2D eigenvalue weighted by Gasteiger charge is 2.28. The maximum atomic E-state index is 13.1. The van der Waals surface area contributed by atoms with E-state index in [4.69, 9.17) is 4.74 Å². The first-order chi connectivity index (χ1) is 14.6. The molecule has 0 radical (unpaired) electrons. The lowest BCUT2D eigenvalue weighted by Crippen LogP contribution is -2.44. The van der Waals surface area contributed by atoms with E-state index in [1.54, 1.807) is 26.0 Å². The van der Waals surface area contributed by atoms with Crippen LogP contribution in [0, 0.1) is 12.8 Å². The molecule has 31 heavy (non-hydrogen) atoms. The van der Waals surface area contributed by atoms with Crippen LogP contribution in [0.25, 0.3) is 0 Å². The molecule has 1 aromatic rings. The number of nitrogens with one attached hydrogen (secondary N) is 2. The van der Waals surface area contributed by atoms with Gasteiger partial charge in [-0.2, -0.15) is 4.31 Å². The second kappa shape index (κ2) is 11.5. The van der Waals surface area contributed by atoms with Gasteiger partial charge in [-0.1, -0.05) is 26.3 Å². The van der Waals surface area contributed by atoms with Crippen LogP contribution in [0.15, 0.2) is 23.1 Å². The van der Waals surface area contributed by atoms with Gasteiger partial charge in [-0.05, 0) is 56.7 Å². The molecule has 1 heterocycles. The minimum atomic E-state index is -3.64. The van der Waals surface area contributed by atoms with Crippen LogP contribution in [0.5, 0.6) is 0 Å². The maximum absolute atomic E-state index is 13.1. The summed E-state index contributed by atoms with van der Waals surface area (Å²) in [6.45, 7) is 9.02. The molecule has 0 aliphatic carbocycles. The van der Waals surface area contributed by atoms with E-state index >= 15 is 0 Å². The van der Waals surface area contributed by atoms with Gasteiger partial charge in [0.25, 0.3) is 5.91 Å². The predicted octanol–water partition coefficient (Wildman–Crippen LogP) is 3.06. The molecule has 1 unspecified atom stereocenters. The van der Waals surface area contributed by atoms with Crippen LogP contribution in [0.4, 0.5) is 4.79 Å². The summed E-state index contributed by atoms with van der Waals surface area (Å²) in [5, 5.41) is 5.58. The summed E-state index contributed by atoms with van der Waals surface area (Å²) in [4.78, 5) is 24.7. The molecular formula is C22H35N3O5S. The Kier molecular flexibility index (Phi) is 9.31. The van der Waals surface area contributed by atoms with Gasteiger partial charge in [-0.15, -0.1) is 0 Å². The number of alkyl carbamates (subject to hydrolysis) is 1. The van der Waals surface area contributed by atoms with Crippen LogP contribution < -0.4 is 10.6 Å². The molecule has 1 aliphatic rings. The monoisotopic (exact) mass is 453 g/mol. The molecule has 1 fully saturated rings. The summed E-state index contributed by atoms with van der Waals surface area (Å²) >= 11 is 0. The Morgan fingerprint density at radius 1 is 1.16 bits per heavy atom. The van der Waals surface area contributed by atoms with Crippen molar-refractivity contribution in [2.75, 3.05) is 26.2 Å². The number of carbonyl (C=O) groups is 2. The molecule has 2 amide bonds. The van der Waals surface area contributed by atoms with Gasteiger partial charge in [0, 0.05) is 31.2 Å². The number of piperidine rings is 1. The van der Waals surface area contributed by atoms with Crippen molar-refractivity contribution >= 4 is 22.0 Å². The number of benzene rings is 1. The fourth-order valence-corrected chi connectivity index (χ4v) is 5.45. The van der Waals surface area contributed by atoms with Gasteiger partial charge in [-0.25, -0.2) is 13.2 Å². The predicted molar refractivity (Wildman–Crippen MR) is 120 cm³/mol. The molecule has 1 aliphatic heterocycles. The first kappa shape index (κ1) is 25.1. The fourth-order valence-electron chi connectivity index (χ4n) is 3.68. The van der Waals surface area contributed by atoms with E-state index in [1.807, 2.05) is 13.8 Å². The van der Waals surface area contributed by atoms with Crippen molar-refractivity contribution in [2.45, 2.75) is 64.3 Å². The van der Waals surface area contributed by atoms with Crippen molar-refractivity contribution in [1.29, 1.82) is 0 Å². The Morgan fingerprint density at radius 2 is 1.84 bits per heavy atom. The third-order valence-electron chi connectivity index (χ3n) is 5.25. The van der Waals surface area contributed by atoms with Gasteiger partial charge in [-0.3, -0.25) is 4.79 Å². The molecule has 2 N–H and O–H groups in total. The fraction of sp³-hybridized carbons (Fsp3) is 0.636. The highest BCUT2D eigenvalue weighted by molar-refractivity contribution is 7.89.